The van der Waals surface area contributed by atoms with Gasteiger partial charge in [0, 0.05) is 29.0 Å². The average molecular weight is 561 g/mol. The van der Waals surface area contributed by atoms with Crippen LogP contribution in [0.5, 0.6) is 5.75 Å². The number of hydrogen-bond acceptors (Lipinski definition) is 6. The monoisotopic (exact) mass is 560 g/mol. The number of methoxy groups -OCH3 is 1. The molecule has 1 aliphatic rings. The Bertz CT molecular complexity index is 1470. The molecule has 37 heavy (non-hydrogen) atoms. The van der Waals surface area contributed by atoms with Crippen LogP contribution in [0.4, 0.5) is 17.3 Å². The van der Waals surface area contributed by atoms with Crippen molar-refractivity contribution in [2.75, 3.05) is 17.7 Å². The number of halogens is 1. The van der Waals surface area contributed by atoms with Crippen molar-refractivity contribution in [1.82, 2.24) is 19.7 Å². The number of amides is 1. The summed E-state index contributed by atoms with van der Waals surface area (Å²) in [6.45, 7) is 4.19. The maximum Gasteiger partial charge on any atom is 0.276 e. The van der Waals surface area contributed by atoms with Crippen LogP contribution in [0, 0.1) is 0 Å². The van der Waals surface area contributed by atoms with Crippen LogP contribution in [0.15, 0.2) is 47.1 Å². The molecular formula is C28H29BrN6O2. The number of aromatic nitrogens is 4. The van der Waals surface area contributed by atoms with Crippen LogP contribution in [0.25, 0.3) is 11.4 Å². The lowest BCUT2D eigenvalue weighted by Gasteiger charge is -2.18. The molecule has 0 bridgehead atoms. The molecule has 2 aromatic carbocycles. The molecule has 0 fully saturated rings. The van der Waals surface area contributed by atoms with E-state index < -0.39 is 0 Å². The molecule has 2 heterocycles. The van der Waals surface area contributed by atoms with E-state index in [1.165, 1.54) is 0 Å². The average Bonchev–Trinajstić information content (AvgIpc) is 3.26. The fourth-order valence-electron chi connectivity index (χ4n) is 4.86. The van der Waals surface area contributed by atoms with Gasteiger partial charge >= 0.3 is 0 Å². The fourth-order valence-corrected chi connectivity index (χ4v) is 5.20. The molecule has 190 valence electrons. The van der Waals surface area contributed by atoms with Gasteiger partial charge in [-0.05, 0) is 60.6 Å². The molecule has 4 aromatic rings. The maximum absolute atomic E-state index is 13.5. The minimum atomic E-state index is -0.192. The molecule has 0 saturated heterocycles. The molecule has 2 aromatic heterocycles. The highest BCUT2D eigenvalue weighted by atomic mass is 79.9. The summed E-state index contributed by atoms with van der Waals surface area (Å²) in [5.41, 5.74) is 7.90. The third kappa shape index (κ3) is 4.71. The van der Waals surface area contributed by atoms with Gasteiger partial charge < -0.3 is 15.4 Å². The van der Waals surface area contributed by atoms with Crippen molar-refractivity contribution in [3.05, 3.63) is 75.0 Å². The second-order valence-corrected chi connectivity index (χ2v) is 9.86. The quantitative estimate of drug-likeness (QED) is 0.293. The van der Waals surface area contributed by atoms with E-state index in [1.54, 1.807) is 11.8 Å². The molecule has 1 amide bonds. The molecule has 0 radical (unpaired) electrons. The lowest BCUT2D eigenvalue weighted by atomic mass is 9.93. The summed E-state index contributed by atoms with van der Waals surface area (Å²) in [5.74, 6) is 0.932. The van der Waals surface area contributed by atoms with Crippen molar-refractivity contribution < 1.29 is 9.53 Å². The predicted molar refractivity (Wildman–Crippen MR) is 149 cm³/mol. The summed E-state index contributed by atoms with van der Waals surface area (Å²) >= 11 is 3.47. The number of aryl methyl sites for hydroxylation is 4. The molecule has 5 rings (SSSR count). The Hall–Kier alpha value is -3.72. The number of carbonyl (C=O) groups excluding carboxylic acids is 1. The molecule has 8 nitrogen and oxygen atoms in total. The number of nitrogens with one attached hydrogen (secondary N) is 2. The Morgan fingerprint density at radius 2 is 1.89 bits per heavy atom. The van der Waals surface area contributed by atoms with Gasteiger partial charge in [0.15, 0.2) is 5.69 Å². The highest BCUT2D eigenvalue weighted by molar-refractivity contribution is 9.10. The summed E-state index contributed by atoms with van der Waals surface area (Å²) in [6, 6.07) is 11.9. The van der Waals surface area contributed by atoms with Gasteiger partial charge in [0.1, 0.15) is 5.75 Å². The van der Waals surface area contributed by atoms with Crippen molar-refractivity contribution in [2.45, 2.75) is 39.5 Å². The van der Waals surface area contributed by atoms with Gasteiger partial charge in [-0.15, -0.1) is 0 Å². The zero-order valence-electron chi connectivity index (χ0n) is 21.4. The molecule has 0 atom stereocenters. The largest absolute Gasteiger partial charge is 0.495 e. The van der Waals surface area contributed by atoms with Crippen LogP contribution >= 0.6 is 15.9 Å². The number of carbonyl (C=O) groups is 1. The Kier molecular flexibility index (Phi) is 6.97. The van der Waals surface area contributed by atoms with Crippen molar-refractivity contribution in [3.63, 3.8) is 0 Å². The first-order valence-electron chi connectivity index (χ1n) is 12.4. The van der Waals surface area contributed by atoms with Crippen LogP contribution in [0.3, 0.4) is 0 Å². The molecule has 0 spiro atoms. The van der Waals surface area contributed by atoms with Gasteiger partial charge in [-0.3, -0.25) is 9.48 Å². The number of ether oxygens (including phenoxy) is 1. The zero-order valence-corrected chi connectivity index (χ0v) is 22.9. The third-order valence-corrected chi connectivity index (χ3v) is 7.23. The van der Waals surface area contributed by atoms with E-state index in [4.69, 9.17) is 9.72 Å². The van der Waals surface area contributed by atoms with Crippen LogP contribution in [0.2, 0.25) is 0 Å². The topological polar surface area (TPSA) is 94.0 Å². The van der Waals surface area contributed by atoms with E-state index in [0.29, 0.717) is 23.8 Å². The summed E-state index contributed by atoms with van der Waals surface area (Å²) in [6.07, 6.45) is 4.96. The van der Waals surface area contributed by atoms with Crippen molar-refractivity contribution in [2.24, 2.45) is 7.05 Å². The van der Waals surface area contributed by atoms with E-state index >= 15 is 0 Å². The van der Waals surface area contributed by atoms with Crippen LogP contribution in [-0.2, 0) is 32.7 Å². The SMILES string of the molecule is CCc1cccc(CC)c1NC(=O)c1nn(C)c2c1CCc1cnc(Nc3ccc(Br)cc3OC)nc1-2. The van der Waals surface area contributed by atoms with Crippen LogP contribution < -0.4 is 15.4 Å². The summed E-state index contributed by atoms with van der Waals surface area (Å²) in [7, 11) is 3.48. The lowest BCUT2D eigenvalue weighted by Crippen LogP contribution is -2.18. The number of nitrogens with zero attached hydrogens (tertiary/aromatic N) is 4. The maximum atomic E-state index is 13.5. The van der Waals surface area contributed by atoms with Gasteiger partial charge in [-0.2, -0.15) is 5.10 Å². The second kappa shape index (κ2) is 10.3. The minimum absolute atomic E-state index is 0.192. The van der Waals surface area contributed by atoms with Gasteiger partial charge in [0.05, 0.1) is 24.2 Å². The van der Waals surface area contributed by atoms with E-state index in [1.807, 2.05) is 37.5 Å². The molecular weight excluding hydrogens is 532 g/mol. The third-order valence-electron chi connectivity index (χ3n) is 6.74. The first-order valence-corrected chi connectivity index (χ1v) is 13.2. The lowest BCUT2D eigenvalue weighted by molar-refractivity contribution is 0.102. The van der Waals surface area contributed by atoms with Crippen molar-refractivity contribution in [3.8, 4) is 17.1 Å². The van der Waals surface area contributed by atoms with E-state index in [-0.39, 0.29) is 5.91 Å². The van der Waals surface area contributed by atoms with E-state index in [2.05, 4.69) is 62.6 Å². The fraction of sp³-hybridized carbons (Fsp3) is 0.286. The summed E-state index contributed by atoms with van der Waals surface area (Å²) in [4.78, 5) is 22.9. The number of para-hydroxylation sites is 1. The number of anilines is 3. The Morgan fingerprint density at radius 3 is 2.59 bits per heavy atom. The van der Waals surface area contributed by atoms with Gasteiger partial charge in [-0.1, -0.05) is 48.0 Å². The Labute approximate surface area is 224 Å². The molecule has 0 saturated carbocycles. The Morgan fingerprint density at radius 1 is 1.14 bits per heavy atom. The van der Waals surface area contributed by atoms with E-state index in [9.17, 15) is 4.79 Å². The van der Waals surface area contributed by atoms with Crippen LogP contribution in [0.1, 0.15) is 46.6 Å². The summed E-state index contributed by atoms with van der Waals surface area (Å²) < 4.78 is 8.16. The van der Waals surface area contributed by atoms with Gasteiger partial charge in [0.25, 0.3) is 5.91 Å². The van der Waals surface area contributed by atoms with E-state index in [0.717, 1.165) is 68.8 Å². The number of benzene rings is 2. The standard InChI is InChI=1S/C28H29BrN6O2/c1-5-16-8-7-9-17(6-2)23(16)32-27(36)25-20-12-10-18-15-30-28(33-24(18)26(20)35(3)34-25)31-21-13-11-19(29)14-22(21)37-4/h7-9,11,13-15H,5-6,10,12H2,1-4H3,(H,32,36)(H,30,31,33). The summed E-state index contributed by atoms with van der Waals surface area (Å²) in [5, 5.41) is 11.1. The normalized spacial score (nSPS) is 12.0. The zero-order chi connectivity index (χ0) is 26.1. The highest BCUT2D eigenvalue weighted by Crippen LogP contribution is 2.36. The van der Waals surface area contributed by atoms with Gasteiger partial charge in [0.2, 0.25) is 5.95 Å². The molecule has 0 unspecified atom stereocenters. The number of fused-ring (bicyclic) bond motifs is 3. The minimum Gasteiger partial charge on any atom is -0.495 e. The Balaban J connectivity index is 1.49. The predicted octanol–water partition coefficient (Wildman–Crippen LogP) is 5.87. The number of rotatable bonds is 7. The first-order chi connectivity index (χ1) is 17.9. The smallest absolute Gasteiger partial charge is 0.276 e. The first kappa shape index (κ1) is 25.0. The molecule has 2 N–H and O–H groups in total. The molecule has 1 aliphatic carbocycles. The molecule has 0 aliphatic heterocycles. The number of hydrogen-bond donors (Lipinski definition) is 2. The highest BCUT2D eigenvalue weighted by Gasteiger charge is 2.29. The van der Waals surface area contributed by atoms with Crippen molar-refractivity contribution >= 4 is 39.2 Å². The van der Waals surface area contributed by atoms with Crippen molar-refractivity contribution in [1.29, 1.82) is 0 Å². The molecule has 9 heteroatoms. The van der Waals surface area contributed by atoms with Gasteiger partial charge in [-0.25, -0.2) is 9.97 Å². The van der Waals surface area contributed by atoms with Crippen LogP contribution in [-0.4, -0.2) is 32.8 Å². The second-order valence-electron chi connectivity index (χ2n) is 8.95.